The molecular weight excluding hydrogens is 210 g/mol. The minimum Gasteiger partial charge on any atom is -0.490 e. The Bertz CT molecular complexity index is 369. The van der Waals surface area contributed by atoms with Crippen molar-refractivity contribution in [1.29, 1.82) is 0 Å². The van der Waals surface area contributed by atoms with Gasteiger partial charge in [0, 0.05) is 12.1 Å². The molecule has 1 aliphatic carbocycles. The smallest absolute Gasteiger partial charge is 0.119 e. The van der Waals surface area contributed by atoms with E-state index < -0.39 is 0 Å². The molecule has 0 amide bonds. The van der Waals surface area contributed by atoms with Gasteiger partial charge in [-0.2, -0.15) is 0 Å². The minimum absolute atomic E-state index is 0.494. The van der Waals surface area contributed by atoms with Crippen molar-refractivity contribution in [2.75, 3.05) is 0 Å². The van der Waals surface area contributed by atoms with Gasteiger partial charge in [-0.05, 0) is 50.3 Å². The highest BCUT2D eigenvalue weighted by atomic mass is 16.5. The molecule has 92 valence electrons. The molecule has 0 aromatic heterocycles. The molecule has 2 nitrogen and oxygen atoms in total. The van der Waals surface area contributed by atoms with Gasteiger partial charge in [0.2, 0.25) is 0 Å². The minimum atomic E-state index is 0.494. The molecule has 2 aliphatic rings. The van der Waals surface area contributed by atoms with Gasteiger partial charge >= 0.3 is 0 Å². The van der Waals surface area contributed by atoms with Gasteiger partial charge in [-0.3, -0.25) is 0 Å². The predicted octanol–water partition coefficient (Wildman–Crippen LogP) is 3.43. The van der Waals surface area contributed by atoms with Crippen LogP contribution in [0, 0.1) is 0 Å². The van der Waals surface area contributed by atoms with Crippen LogP contribution in [0.4, 0.5) is 0 Å². The van der Waals surface area contributed by atoms with Crippen LogP contribution in [0.5, 0.6) is 5.75 Å². The normalized spacial score (nSPS) is 29.0. The summed E-state index contributed by atoms with van der Waals surface area (Å²) in [6, 6.07) is 9.86. The van der Waals surface area contributed by atoms with Crippen molar-refractivity contribution in [1.82, 2.24) is 5.32 Å². The fraction of sp³-hybridized carbons (Fsp3) is 0.600. The zero-order valence-corrected chi connectivity index (χ0v) is 10.5. The van der Waals surface area contributed by atoms with E-state index in [9.17, 15) is 0 Å². The summed E-state index contributed by atoms with van der Waals surface area (Å²) in [6.07, 6.45) is 6.84. The van der Waals surface area contributed by atoms with E-state index in [0.717, 1.165) is 5.75 Å². The Kier molecular flexibility index (Phi) is 3.06. The van der Waals surface area contributed by atoms with Crippen LogP contribution in [0.25, 0.3) is 0 Å². The van der Waals surface area contributed by atoms with Crippen LogP contribution >= 0.6 is 0 Å². The number of piperidine rings is 1. The van der Waals surface area contributed by atoms with Crippen LogP contribution in [0.1, 0.15) is 50.6 Å². The van der Waals surface area contributed by atoms with Crippen molar-refractivity contribution in [3.63, 3.8) is 0 Å². The molecule has 0 radical (unpaired) electrons. The molecule has 1 aromatic rings. The Morgan fingerprint density at radius 3 is 2.47 bits per heavy atom. The summed E-state index contributed by atoms with van der Waals surface area (Å²) in [6.45, 7) is 2.27. The van der Waals surface area contributed by atoms with Crippen molar-refractivity contribution in [2.24, 2.45) is 0 Å². The summed E-state index contributed by atoms with van der Waals surface area (Å²) < 4.78 is 5.77. The Balaban J connectivity index is 1.65. The quantitative estimate of drug-likeness (QED) is 0.860. The molecule has 0 spiro atoms. The largest absolute Gasteiger partial charge is 0.490 e. The monoisotopic (exact) mass is 231 g/mol. The van der Waals surface area contributed by atoms with Gasteiger partial charge in [-0.1, -0.05) is 18.6 Å². The number of benzene rings is 1. The van der Waals surface area contributed by atoms with Crippen LogP contribution in [0.2, 0.25) is 0 Å². The maximum absolute atomic E-state index is 5.77. The number of rotatable bonds is 3. The molecule has 1 saturated carbocycles. The molecule has 0 bridgehead atoms. The van der Waals surface area contributed by atoms with Gasteiger partial charge in [0.25, 0.3) is 0 Å². The van der Waals surface area contributed by atoms with E-state index >= 15 is 0 Å². The Morgan fingerprint density at radius 1 is 1.06 bits per heavy atom. The highest BCUT2D eigenvalue weighted by Crippen LogP contribution is 2.29. The van der Waals surface area contributed by atoms with Crippen LogP contribution < -0.4 is 10.1 Å². The molecule has 3 rings (SSSR count). The first-order valence-electron chi connectivity index (χ1n) is 6.84. The molecule has 2 fully saturated rings. The summed E-state index contributed by atoms with van der Waals surface area (Å²) in [5, 5.41) is 3.66. The highest BCUT2D eigenvalue weighted by molar-refractivity contribution is 5.30. The molecule has 2 unspecified atom stereocenters. The van der Waals surface area contributed by atoms with E-state index in [4.69, 9.17) is 4.74 Å². The van der Waals surface area contributed by atoms with Crippen molar-refractivity contribution in [3.05, 3.63) is 29.8 Å². The zero-order valence-electron chi connectivity index (χ0n) is 10.5. The lowest BCUT2D eigenvalue weighted by Gasteiger charge is -2.29. The average Bonchev–Trinajstić information content (AvgIpc) is 3.14. The number of nitrogens with one attached hydrogen (secondary N) is 1. The van der Waals surface area contributed by atoms with E-state index in [-0.39, 0.29) is 0 Å². The summed E-state index contributed by atoms with van der Waals surface area (Å²) in [4.78, 5) is 0. The van der Waals surface area contributed by atoms with E-state index in [1.165, 1.54) is 37.7 Å². The summed E-state index contributed by atoms with van der Waals surface area (Å²) >= 11 is 0. The van der Waals surface area contributed by atoms with E-state index in [2.05, 4.69) is 36.5 Å². The van der Waals surface area contributed by atoms with Crippen molar-refractivity contribution in [3.8, 4) is 5.75 Å². The summed E-state index contributed by atoms with van der Waals surface area (Å²) in [5.41, 5.74) is 1.40. The van der Waals surface area contributed by atoms with Crippen molar-refractivity contribution >= 4 is 0 Å². The van der Waals surface area contributed by atoms with E-state index in [1.54, 1.807) is 0 Å². The maximum atomic E-state index is 5.77. The fourth-order valence-corrected chi connectivity index (χ4v) is 2.56. The second-order valence-corrected chi connectivity index (χ2v) is 5.44. The van der Waals surface area contributed by atoms with Crippen molar-refractivity contribution < 1.29 is 4.74 Å². The number of hydrogen-bond acceptors (Lipinski definition) is 2. The van der Waals surface area contributed by atoms with Gasteiger partial charge in [0.1, 0.15) is 5.75 Å². The van der Waals surface area contributed by atoms with Crippen LogP contribution in [0.3, 0.4) is 0 Å². The average molecular weight is 231 g/mol. The lowest BCUT2D eigenvalue weighted by atomic mass is 9.94. The number of ether oxygens (including phenoxy) is 1. The molecule has 1 aromatic carbocycles. The topological polar surface area (TPSA) is 21.3 Å². The molecule has 1 N–H and O–H groups in total. The molecule has 2 atom stereocenters. The van der Waals surface area contributed by atoms with Crippen LogP contribution in [-0.4, -0.2) is 12.1 Å². The van der Waals surface area contributed by atoms with Gasteiger partial charge in [-0.25, -0.2) is 0 Å². The molecule has 1 aliphatic heterocycles. The predicted molar refractivity (Wildman–Crippen MR) is 69.3 cm³/mol. The fourth-order valence-electron chi connectivity index (χ4n) is 2.56. The second-order valence-electron chi connectivity index (χ2n) is 5.44. The Labute approximate surface area is 103 Å². The molecule has 17 heavy (non-hydrogen) atoms. The SMILES string of the molecule is CC1CCCC(c2ccc(OC3CC3)cc2)N1. The first kappa shape index (κ1) is 11.1. The second kappa shape index (κ2) is 4.69. The molecule has 2 heteroatoms. The Hall–Kier alpha value is -1.02. The van der Waals surface area contributed by atoms with Crippen molar-refractivity contribution in [2.45, 2.75) is 57.2 Å². The molecule has 1 saturated heterocycles. The number of hydrogen-bond donors (Lipinski definition) is 1. The van der Waals surface area contributed by atoms with Crippen LogP contribution in [-0.2, 0) is 0 Å². The van der Waals surface area contributed by atoms with E-state index in [1.807, 2.05) is 0 Å². The summed E-state index contributed by atoms with van der Waals surface area (Å²) in [5.74, 6) is 1.03. The zero-order chi connectivity index (χ0) is 11.7. The lowest BCUT2D eigenvalue weighted by Crippen LogP contribution is -2.34. The standard InChI is InChI=1S/C15H21NO/c1-11-3-2-4-15(16-11)12-5-7-13(8-6-12)17-14-9-10-14/h5-8,11,14-16H,2-4,9-10H2,1H3. The third kappa shape index (κ3) is 2.81. The van der Waals surface area contributed by atoms with E-state index in [0.29, 0.717) is 18.2 Å². The summed E-state index contributed by atoms with van der Waals surface area (Å²) in [7, 11) is 0. The van der Waals surface area contributed by atoms with Crippen LogP contribution in [0.15, 0.2) is 24.3 Å². The first-order chi connectivity index (χ1) is 8.31. The maximum Gasteiger partial charge on any atom is 0.119 e. The highest BCUT2D eigenvalue weighted by Gasteiger charge is 2.24. The Morgan fingerprint density at radius 2 is 1.82 bits per heavy atom. The van der Waals surface area contributed by atoms with Gasteiger partial charge in [-0.15, -0.1) is 0 Å². The third-order valence-corrected chi connectivity index (χ3v) is 3.73. The first-order valence-corrected chi connectivity index (χ1v) is 6.84. The van der Waals surface area contributed by atoms with Gasteiger partial charge < -0.3 is 10.1 Å². The molecular formula is C15H21NO. The van der Waals surface area contributed by atoms with Gasteiger partial charge in [0.15, 0.2) is 0 Å². The lowest BCUT2D eigenvalue weighted by molar-refractivity contribution is 0.302. The molecule has 1 heterocycles. The third-order valence-electron chi connectivity index (χ3n) is 3.73. The van der Waals surface area contributed by atoms with Gasteiger partial charge in [0.05, 0.1) is 6.10 Å².